The number of hydrogen-bond acceptors (Lipinski definition) is 3. The molecule has 108 valence electrons. The summed E-state index contributed by atoms with van der Waals surface area (Å²) in [5, 5.41) is 5.85. The molecule has 1 heterocycles. The minimum absolute atomic E-state index is 0.668. The van der Waals surface area contributed by atoms with Crippen LogP contribution in [-0.2, 0) is 11.3 Å². The summed E-state index contributed by atoms with van der Waals surface area (Å²) in [5.41, 5.74) is 1.29. The molecule has 0 unspecified atom stereocenters. The number of nitrogens with zero attached hydrogens (tertiary/aromatic N) is 2. The van der Waals surface area contributed by atoms with Gasteiger partial charge in [0.05, 0.1) is 13.2 Å². The number of rotatable bonds is 6. The highest BCUT2D eigenvalue weighted by molar-refractivity contribution is 5.85. The molecule has 0 aliphatic carbocycles. The molecule has 0 amide bonds. The summed E-state index contributed by atoms with van der Waals surface area (Å²) < 4.78 is 7.18. The van der Waals surface area contributed by atoms with Crippen LogP contribution in [0, 0.1) is 0 Å². The second-order valence-corrected chi connectivity index (χ2v) is 4.94. The third kappa shape index (κ3) is 3.06. The Morgan fingerprint density at radius 2 is 2.00 bits per heavy atom. The van der Waals surface area contributed by atoms with E-state index in [0.717, 1.165) is 19.0 Å². The number of fused-ring (bicyclic) bond motifs is 1. The summed E-state index contributed by atoms with van der Waals surface area (Å²) in [7, 11) is 1.70. The van der Waals surface area contributed by atoms with E-state index >= 15 is 0 Å². The topological polar surface area (TPSA) is 39.1 Å². The summed E-state index contributed by atoms with van der Waals surface area (Å²) in [4.78, 5) is 4.36. The highest BCUT2D eigenvalue weighted by Crippen LogP contribution is 2.20. The van der Waals surface area contributed by atoms with Crippen LogP contribution in [0.25, 0.3) is 10.8 Å². The summed E-state index contributed by atoms with van der Waals surface area (Å²) in [6.07, 6.45) is 3.82. The van der Waals surface area contributed by atoms with Crippen molar-refractivity contribution in [3.63, 3.8) is 0 Å². The lowest BCUT2D eigenvalue weighted by molar-refractivity contribution is 0.210. The van der Waals surface area contributed by atoms with Crippen LogP contribution in [0.3, 0.4) is 0 Å². The van der Waals surface area contributed by atoms with Gasteiger partial charge in [-0.05, 0) is 16.3 Å². The number of anilines is 1. The second kappa shape index (κ2) is 6.41. The van der Waals surface area contributed by atoms with E-state index in [4.69, 9.17) is 4.74 Å². The van der Waals surface area contributed by atoms with Gasteiger partial charge in [0.25, 0.3) is 0 Å². The minimum atomic E-state index is 0.668. The molecule has 0 spiro atoms. The van der Waals surface area contributed by atoms with Gasteiger partial charge in [0.1, 0.15) is 0 Å². The van der Waals surface area contributed by atoms with Gasteiger partial charge in [-0.2, -0.15) is 0 Å². The van der Waals surface area contributed by atoms with Crippen molar-refractivity contribution in [3.8, 4) is 0 Å². The van der Waals surface area contributed by atoms with E-state index < -0.39 is 0 Å². The molecule has 4 nitrogen and oxygen atoms in total. The molecule has 0 saturated heterocycles. The molecule has 1 N–H and O–H groups in total. The number of methoxy groups -OCH3 is 1. The summed E-state index contributed by atoms with van der Waals surface area (Å²) in [5.74, 6) is 0.875. The highest BCUT2D eigenvalue weighted by Gasteiger charge is 2.05. The van der Waals surface area contributed by atoms with E-state index in [2.05, 4.69) is 57.3 Å². The zero-order chi connectivity index (χ0) is 14.5. The molecule has 21 heavy (non-hydrogen) atoms. The predicted molar refractivity (Wildman–Crippen MR) is 85.6 cm³/mol. The fourth-order valence-electron chi connectivity index (χ4n) is 2.48. The Morgan fingerprint density at radius 1 is 1.14 bits per heavy atom. The van der Waals surface area contributed by atoms with E-state index in [1.807, 2.05) is 12.4 Å². The molecule has 1 aromatic heterocycles. The van der Waals surface area contributed by atoms with Gasteiger partial charge in [-0.3, -0.25) is 0 Å². The third-order valence-electron chi connectivity index (χ3n) is 3.53. The first-order valence-corrected chi connectivity index (χ1v) is 7.09. The maximum Gasteiger partial charge on any atom is 0.203 e. The molecule has 0 bridgehead atoms. The van der Waals surface area contributed by atoms with Gasteiger partial charge in [-0.15, -0.1) is 0 Å². The van der Waals surface area contributed by atoms with Gasteiger partial charge in [-0.1, -0.05) is 42.5 Å². The summed E-state index contributed by atoms with van der Waals surface area (Å²) in [6, 6.07) is 14.9. The van der Waals surface area contributed by atoms with Crippen LogP contribution in [-0.4, -0.2) is 29.8 Å². The van der Waals surface area contributed by atoms with E-state index in [1.54, 1.807) is 7.11 Å². The lowest BCUT2D eigenvalue weighted by Crippen LogP contribution is -2.12. The first-order chi connectivity index (χ1) is 10.4. The van der Waals surface area contributed by atoms with Gasteiger partial charge < -0.3 is 14.6 Å². The van der Waals surface area contributed by atoms with Crippen LogP contribution >= 0.6 is 0 Å². The second-order valence-electron chi connectivity index (χ2n) is 4.94. The molecule has 4 heteroatoms. The molecule has 0 radical (unpaired) electrons. The molecule has 0 aliphatic heterocycles. The largest absolute Gasteiger partial charge is 0.383 e. The Morgan fingerprint density at radius 3 is 2.90 bits per heavy atom. The van der Waals surface area contributed by atoms with Crippen LogP contribution in [0.4, 0.5) is 5.95 Å². The Hall–Kier alpha value is -2.33. The number of nitrogens with one attached hydrogen (secondary N) is 1. The lowest BCUT2D eigenvalue weighted by atomic mass is 10.0. The molecule has 0 atom stereocenters. The van der Waals surface area contributed by atoms with Crippen molar-refractivity contribution in [3.05, 3.63) is 60.4 Å². The van der Waals surface area contributed by atoms with E-state index in [0.29, 0.717) is 6.61 Å². The fourth-order valence-corrected chi connectivity index (χ4v) is 2.48. The molecule has 0 aliphatic rings. The normalized spacial score (nSPS) is 10.9. The highest BCUT2D eigenvalue weighted by atomic mass is 16.5. The van der Waals surface area contributed by atoms with Crippen LogP contribution in [0.1, 0.15) is 5.56 Å². The van der Waals surface area contributed by atoms with Crippen LogP contribution < -0.4 is 5.32 Å². The number of benzene rings is 2. The minimum Gasteiger partial charge on any atom is -0.383 e. The maximum atomic E-state index is 5.06. The lowest BCUT2D eigenvalue weighted by Gasteiger charge is -2.11. The van der Waals surface area contributed by atoms with Crippen molar-refractivity contribution < 1.29 is 4.74 Å². The van der Waals surface area contributed by atoms with Crippen molar-refractivity contribution in [1.29, 1.82) is 0 Å². The third-order valence-corrected chi connectivity index (χ3v) is 3.53. The van der Waals surface area contributed by atoms with Gasteiger partial charge >= 0.3 is 0 Å². The SMILES string of the molecule is COCCNc1nccn1Cc1cccc2ccccc12. The van der Waals surface area contributed by atoms with Crippen LogP contribution in [0.15, 0.2) is 54.9 Å². The number of aromatic nitrogens is 2. The smallest absolute Gasteiger partial charge is 0.203 e. The molecular formula is C17H19N3O. The number of ether oxygens (including phenoxy) is 1. The maximum absolute atomic E-state index is 5.06. The summed E-state index contributed by atoms with van der Waals surface area (Å²) in [6.45, 7) is 2.22. The number of hydrogen-bond donors (Lipinski definition) is 1. The monoisotopic (exact) mass is 281 g/mol. The Kier molecular flexibility index (Phi) is 4.17. The van der Waals surface area contributed by atoms with Crippen LogP contribution in [0.2, 0.25) is 0 Å². The van der Waals surface area contributed by atoms with Crippen molar-refractivity contribution >= 4 is 16.7 Å². The van der Waals surface area contributed by atoms with Crippen LogP contribution in [0.5, 0.6) is 0 Å². The zero-order valence-electron chi connectivity index (χ0n) is 12.1. The average Bonchev–Trinajstić information content (AvgIpc) is 2.95. The molecule has 0 saturated carbocycles. The molecule has 0 fully saturated rings. The Bertz CT molecular complexity index is 715. The van der Waals surface area contributed by atoms with Gasteiger partial charge in [-0.25, -0.2) is 4.98 Å². The average molecular weight is 281 g/mol. The van der Waals surface area contributed by atoms with E-state index in [9.17, 15) is 0 Å². The quantitative estimate of drug-likeness (QED) is 0.705. The van der Waals surface area contributed by atoms with E-state index in [1.165, 1.54) is 16.3 Å². The fraction of sp³-hybridized carbons (Fsp3) is 0.235. The Labute approximate surface area is 124 Å². The van der Waals surface area contributed by atoms with Crippen molar-refractivity contribution in [2.45, 2.75) is 6.54 Å². The van der Waals surface area contributed by atoms with Crippen molar-refractivity contribution in [2.24, 2.45) is 0 Å². The molecule has 3 aromatic rings. The standard InChI is InChI=1S/C17H19N3O/c1-21-12-10-19-17-18-9-11-20(17)13-15-7-4-6-14-5-2-3-8-16(14)15/h2-9,11H,10,12-13H2,1H3,(H,18,19). The van der Waals surface area contributed by atoms with Crippen molar-refractivity contribution in [2.75, 3.05) is 25.6 Å². The molecule has 2 aromatic carbocycles. The molecule has 3 rings (SSSR count). The van der Waals surface area contributed by atoms with Gasteiger partial charge in [0.2, 0.25) is 5.95 Å². The Balaban J connectivity index is 1.84. The zero-order valence-corrected chi connectivity index (χ0v) is 12.1. The molecular weight excluding hydrogens is 262 g/mol. The first-order valence-electron chi connectivity index (χ1n) is 7.09. The van der Waals surface area contributed by atoms with Crippen molar-refractivity contribution in [1.82, 2.24) is 9.55 Å². The van der Waals surface area contributed by atoms with Gasteiger partial charge in [0, 0.05) is 26.0 Å². The van der Waals surface area contributed by atoms with Gasteiger partial charge in [0.15, 0.2) is 0 Å². The number of imidazole rings is 1. The summed E-state index contributed by atoms with van der Waals surface area (Å²) >= 11 is 0. The van der Waals surface area contributed by atoms with E-state index in [-0.39, 0.29) is 0 Å². The first kappa shape index (κ1) is 13.6. The predicted octanol–water partition coefficient (Wildman–Crippen LogP) is 3.14.